The molecule has 1 aromatic carbocycles. The summed E-state index contributed by atoms with van der Waals surface area (Å²) < 4.78 is 10.2. The molecule has 2 rings (SSSR count). The maximum atomic E-state index is 10.8. The molecule has 1 aromatic heterocycles. The number of carbonyl (C=O) groups is 1. The van der Waals surface area contributed by atoms with Crippen LogP contribution in [-0.2, 0) is 10.2 Å². The summed E-state index contributed by atoms with van der Waals surface area (Å²) in [5, 5.41) is 12.3. The van der Waals surface area contributed by atoms with Gasteiger partial charge in [-0.1, -0.05) is 43.3 Å². The van der Waals surface area contributed by atoms with Gasteiger partial charge in [0, 0.05) is 24.2 Å². The Balaban J connectivity index is 2.25. The van der Waals surface area contributed by atoms with Gasteiger partial charge in [-0.15, -0.1) is 0 Å². The van der Waals surface area contributed by atoms with Gasteiger partial charge in [-0.25, -0.2) is 4.79 Å². The Kier molecular flexibility index (Phi) is 3.90. The van der Waals surface area contributed by atoms with Crippen LogP contribution in [0.25, 0.3) is 11.3 Å². The zero-order valence-corrected chi connectivity index (χ0v) is 11.7. The molecule has 0 saturated heterocycles. The fourth-order valence-electron chi connectivity index (χ4n) is 2.04. The molecule has 0 amide bonds. The van der Waals surface area contributed by atoms with Crippen molar-refractivity contribution < 1.29 is 19.2 Å². The van der Waals surface area contributed by atoms with Gasteiger partial charge in [0.15, 0.2) is 11.5 Å². The Morgan fingerprint density at radius 1 is 1.35 bits per heavy atom. The van der Waals surface area contributed by atoms with Crippen LogP contribution in [0, 0.1) is 0 Å². The molecule has 106 valence electrons. The number of benzene rings is 1. The largest absolute Gasteiger partial charge is 0.476 e. The lowest BCUT2D eigenvalue weighted by Gasteiger charge is -2.24. The lowest BCUT2D eigenvalue weighted by molar-refractivity contribution is 0.0686. The monoisotopic (exact) mass is 275 g/mol. The highest BCUT2D eigenvalue weighted by Gasteiger charge is 2.20. The highest BCUT2D eigenvalue weighted by atomic mass is 16.5. The normalized spacial score (nSPS) is 11.6. The molecule has 20 heavy (non-hydrogen) atoms. The van der Waals surface area contributed by atoms with Crippen molar-refractivity contribution in [3.8, 4) is 11.3 Å². The number of hydrogen-bond acceptors (Lipinski definition) is 4. The van der Waals surface area contributed by atoms with E-state index in [0.717, 1.165) is 11.1 Å². The van der Waals surface area contributed by atoms with Crippen LogP contribution in [0.4, 0.5) is 0 Å². The van der Waals surface area contributed by atoms with Crippen molar-refractivity contribution in [1.82, 2.24) is 5.16 Å². The zero-order chi connectivity index (χ0) is 14.8. The lowest BCUT2D eigenvalue weighted by atomic mass is 9.85. The molecule has 1 N–H and O–H groups in total. The van der Waals surface area contributed by atoms with E-state index < -0.39 is 5.97 Å². The Bertz CT molecular complexity index is 599. The highest BCUT2D eigenvalue weighted by molar-refractivity contribution is 5.86. The van der Waals surface area contributed by atoms with Crippen LogP contribution in [0.2, 0.25) is 0 Å². The summed E-state index contributed by atoms with van der Waals surface area (Å²) in [5.74, 6) is -0.656. The van der Waals surface area contributed by atoms with Crippen LogP contribution in [0.3, 0.4) is 0 Å². The maximum absolute atomic E-state index is 10.8. The first-order chi connectivity index (χ1) is 9.44. The van der Waals surface area contributed by atoms with E-state index in [1.54, 1.807) is 7.11 Å². The van der Waals surface area contributed by atoms with E-state index in [0.29, 0.717) is 12.4 Å². The first-order valence-electron chi connectivity index (χ1n) is 6.24. The molecule has 5 heteroatoms. The molecule has 0 unspecified atom stereocenters. The number of aromatic nitrogens is 1. The zero-order valence-electron chi connectivity index (χ0n) is 11.7. The van der Waals surface area contributed by atoms with E-state index in [9.17, 15) is 4.79 Å². The molecule has 0 aliphatic heterocycles. The average molecular weight is 275 g/mol. The second kappa shape index (κ2) is 5.46. The quantitative estimate of drug-likeness (QED) is 0.908. The number of methoxy groups -OCH3 is 1. The van der Waals surface area contributed by atoms with Crippen molar-refractivity contribution in [2.45, 2.75) is 19.3 Å². The van der Waals surface area contributed by atoms with E-state index in [-0.39, 0.29) is 11.1 Å². The Morgan fingerprint density at radius 2 is 2.00 bits per heavy atom. The molecule has 0 aliphatic rings. The first kappa shape index (κ1) is 14.3. The van der Waals surface area contributed by atoms with Crippen molar-refractivity contribution in [2.24, 2.45) is 0 Å². The van der Waals surface area contributed by atoms with Gasteiger partial charge in [-0.2, -0.15) is 0 Å². The number of hydrogen-bond donors (Lipinski definition) is 1. The van der Waals surface area contributed by atoms with E-state index in [4.69, 9.17) is 14.4 Å². The van der Waals surface area contributed by atoms with Gasteiger partial charge in [0.25, 0.3) is 0 Å². The Hall–Kier alpha value is -2.14. The topological polar surface area (TPSA) is 72.6 Å². The van der Waals surface area contributed by atoms with Gasteiger partial charge in [0.2, 0.25) is 0 Å². The van der Waals surface area contributed by atoms with Crippen LogP contribution in [-0.4, -0.2) is 29.9 Å². The predicted octanol–water partition coefficient (Wildman–Crippen LogP) is 2.96. The molecule has 5 nitrogen and oxygen atoms in total. The van der Waals surface area contributed by atoms with Crippen molar-refractivity contribution in [2.75, 3.05) is 13.7 Å². The Labute approximate surface area is 117 Å². The highest BCUT2D eigenvalue weighted by Crippen LogP contribution is 2.27. The van der Waals surface area contributed by atoms with Crippen LogP contribution in [0.5, 0.6) is 0 Å². The van der Waals surface area contributed by atoms with Crippen LogP contribution in [0.1, 0.15) is 29.9 Å². The smallest absolute Gasteiger partial charge is 0.358 e. The number of carboxylic acids is 1. The lowest BCUT2D eigenvalue weighted by Crippen LogP contribution is -2.23. The molecule has 0 saturated carbocycles. The molecular weight excluding hydrogens is 258 g/mol. The summed E-state index contributed by atoms with van der Waals surface area (Å²) in [7, 11) is 1.68. The third kappa shape index (κ3) is 2.88. The molecule has 0 spiro atoms. The number of rotatable bonds is 5. The summed E-state index contributed by atoms with van der Waals surface area (Å²) in [6, 6.07) is 9.16. The summed E-state index contributed by atoms with van der Waals surface area (Å²) in [6.45, 7) is 4.82. The molecule has 0 bridgehead atoms. The molecular formula is C15H17NO4. The minimum atomic E-state index is -1.10. The Morgan fingerprint density at radius 3 is 2.50 bits per heavy atom. The summed E-state index contributed by atoms with van der Waals surface area (Å²) in [4.78, 5) is 10.8. The van der Waals surface area contributed by atoms with Crippen molar-refractivity contribution in [3.05, 3.63) is 41.6 Å². The summed E-state index contributed by atoms with van der Waals surface area (Å²) >= 11 is 0. The van der Waals surface area contributed by atoms with Gasteiger partial charge < -0.3 is 14.4 Å². The summed E-state index contributed by atoms with van der Waals surface area (Å²) in [5.41, 5.74) is 1.76. The number of aromatic carboxylic acids is 1. The third-order valence-corrected chi connectivity index (χ3v) is 3.19. The minimum absolute atomic E-state index is 0.0824. The first-order valence-corrected chi connectivity index (χ1v) is 6.24. The third-order valence-electron chi connectivity index (χ3n) is 3.19. The average Bonchev–Trinajstić information content (AvgIpc) is 2.88. The predicted molar refractivity (Wildman–Crippen MR) is 73.8 cm³/mol. The molecule has 2 aromatic rings. The summed E-state index contributed by atoms with van der Waals surface area (Å²) in [6.07, 6.45) is 0. The SMILES string of the molecule is COCC(C)(C)c1ccc(-c2cc(C(=O)O)no2)cc1. The van der Waals surface area contributed by atoms with Gasteiger partial charge in [-0.3, -0.25) is 0 Å². The molecule has 0 radical (unpaired) electrons. The van der Waals surface area contributed by atoms with Crippen molar-refractivity contribution in [3.63, 3.8) is 0 Å². The second-order valence-corrected chi connectivity index (χ2v) is 5.28. The van der Waals surface area contributed by atoms with E-state index >= 15 is 0 Å². The molecule has 0 aliphatic carbocycles. The second-order valence-electron chi connectivity index (χ2n) is 5.28. The van der Waals surface area contributed by atoms with Crippen LogP contribution >= 0.6 is 0 Å². The van der Waals surface area contributed by atoms with E-state index in [1.165, 1.54) is 6.07 Å². The van der Waals surface area contributed by atoms with Crippen LogP contribution in [0.15, 0.2) is 34.9 Å². The molecule has 0 fully saturated rings. The number of carboxylic acid groups (broad SMARTS) is 1. The van der Waals surface area contributed by atoms with E-state index in [2.05, 4.69) is 19.0 Å². The van der Waals surface area contributed by atoms with Gasteiger partial charge in [0.1, 0.15) is 0 Å². The maximum Gasteiger partial charge on any atom is 0.358 e. The standard InChI is InChI=1S/C15H17NO4/c1-15(2,9-19-3)11-6-4-10(5-7-11)13-8-12(14(17)18)16-20-13/h4-8H,9H2,1-3H3,(H,17,18). The fourth-order valence-corrected chi connectivity index (χ4v) is 2.04. The molecule has 0 atom stereocenters. The number of nitrogens with zero attached hydrogens (tertiary/aromatic N) is 1. The van der Waals surface area contributed by atoms with Crippen molar-refractivity contribution >= 4 is 5.97 Å². The van der Waals surface area contributed by atoms with Crippen LogP contribution < -0.4 is 0 Å². The van der Waals surface area contributed by atoms with Gasteiger partial charge in [-0.05, 0) is 5.56 Å². The van der Waals surface area contributed by atoms with E-state index in [1.807, 2.05) is 24.3 Å². The number of ether oxygens (including phenoxy) is 1. The van der Waals surface area contributed by atoms with Crippen molar-refractivity contribution in [1.29, 1.82) is 0 Å². The van der Waals surface area contributed by atoms with Gasteiger partial charge in [0.05, 0.1) is 6.61 Å². The minimum Gasteiger partial charge on any atom is -0.476 e. The molecule has 1 heterocycles. The van der Waals surface area contributed by atoms with Gasteiger partial charge >= 0.3 is 5.97 Å². The fraction of sp³-hybridized carbons (Fsp3) is 0.333.